The minimum absolute atomic E-state index is 0.296. The normalized spacial score (nSPS) is 10.3. The fraction of sp³-hybridized carbons (Fsp3) is 0.500. The van der Waals surface area contributed by atoms with Gasteiger partial charge in [0.05, 0.1) is 6.42 Å². The molecule has 0 spiro atoms. The van der Waals surface area contributed by atoms with Crippen molar-refractivity contribution in [2.75, 3.05) is 6.54 Å². The molecule has 1 atom stereocenters. The number of carboxylic acids is 3. The molecule has 0 saturated heterocycles. The number of hydrogen-bond donors (Lipinski definition) is 5. The zero-order chi connectivity index (χ0) is 16.3. The van der Waals surface area contributed by atoms with Gasteiger partial charge in [0.2, 0.25) is 11.8 Å². The molecule has 0 bridgehead atoms. The summed E-state index contributed by atoms with van der Waals surface area (Å²) in [5, 5.41) is 28.7. The molecule has 0 aromatic carbocycles. The van der Waals surface area contributed by atoms with E-state index in [4.69, 9.17) is 15.3 Å². The number of nitrogens with one attached hydrogen (secondary N) is 2. The molecule has 0 aromatic heterocycles. The Morgan fingerprint density at radius 2 is 1.40 bits per heavy atom. The van der Waals surface area contributed by atoms with Gasteiger partial charge < -0.3 is 26.0 Å². The summed E-state index contributed by atoms with van der Waals surface area (Å²) in [5.74, 6) is -4.54. The number of amides is 2. The predicted molar refractivity (Wildman–Crippen MR) is 63.8 cm³/mol. The molecule has 2 amide bonds. The fourth-order valence-corrected chi connectivity index (χ4v) is 0.820. The monoisotopic (exact) mass is 292 g/mol. The summed E-state index contributed by atoms with van der Waals surface area (Å²) >= 11 is 0. The number of carboxylic acid groups (broad SMARTS) is 3. The summed E-state index contributed by atoms with van der Waals surface area (Å²) in [6, 6.07) is -1.35. The van der Waals surface area contributed by atoms with E-state index in [1.165, 1.54) is 6.92 Å². The van der Waals surface area contributed by atoms with Crippen LogP contribution >= 0.6 is 0 Å². The molecule has 0 aliphatic carbocycles. The van der Waals surface area contributed by atoms with Crippen LogP contribution in [0.1, 0.15) is 20.3 Å². The van der Waals surface area contributed by atoms with Gasteiger partial charge in [0.15, 0.2) is 0 Å². The minimum Gasteiger partial charge on any atom is -0.481 e. The van der Waals surface area contributed by atoms with E-state index in [9.17, 15) is 24.0 Å². The average Bonchev–Trinajstić information content (AvgIpc) is 2.25. The topological polar surface area (TPSA) is 170 Å². The highest BCUT2D eigenvalue weighted by atomic mass is 16.4. The van der Waals surface area contributed by atoms with Gasteiger partial charge in [0, 0.05) is 13.8 Å². The van der Waals surface area contributed by atoms with Gasteiger partial charge >= 0.3 is 17.9 Å². The molecule has 0 aliphatic rings. The molecular weight excluding hydrogens is 276 g/mol. The van der Waals surface area contributed by atoms with Crippen molar-refractivity contribution in [3.8, 4) is 0 Å². The van der Waals surface area contributed by atoms with Gasteiger partial charge in [0.1, 0.15) is 12.6 Å². The Morgan fingerprint density at radius 1 is 0.900 bits per heavy atom. The highest BCUT2D eigenvalue weighted by molar-refractivity contribution is 5.85. The third-order valence-electron chi connectivity index (χ3n) is 1.54. The summed E-state index contributed by atoms with van der Waals surface area (Å²) in [5.41, 5.74) is 0. The number of carbonyl (C=O) groups excluding carboxylic acids is 2. The molecule has 0 aliphatic heterocycles. The minimum atomic E-state index is -1.35. The smallest absolute Gasteiger partial charge is 0.326 e. The zero-order valence-corrected chi connectivity index (χ0v) is 10.9. The van der Waals surface area contributed by atoms with E-state index in [1.54, 1.807) is 0 Å². The van der Waals surface area contributed by atoms with Gasteiger partial charge in [-0.2, -0.15) is 0 Å². The van der Waals surface area contributed by atoms with Gasteiger partial charge in [-0.15, -0.1) is 0 Å². The third-order valence-corrected chi connectivity index (χ3v) is 1.54. The van der Waals surface area contributed by atoms with Gasteiger partial charge in [-0.1, -0.05) is 0 Å². The fourth-order valence-electron chi connectivity index (χ4n) is 0.820. The first-order valence-corrected chi connectivity index (χ1v) is 5.24. The van der Waals surface area contributed by atoms with E-state index in [-0.39, 0.29) is 12.5 Å². The van der Waals surface area contributed by atoms with E-state index in [2.05, 4.69) is 5.32 Å². The van der Waals surface area contributed by atoms with E-state index in [1.807, 2.05) is 5.32 Å². The highest BCUT2D eigenvalue weighted by Crippen LogP contribution is 1.91. The number of carbonyl (C=O) groups is 5. The molecular formula is C10H16N2O8. The maximum Gasteiger partial charge on any atom is 0.326 e. The van der Waals surface area contributed by atoms with Crippen LogP contribution in [0.25, 0.3) is 0 Å². The van der Waals surface area contributed by atoms with Crippen LogP contribution in [0.2, 0.25) is 0 Å². The quantitative estimate of drug-likeness (QED) is 0.384. The SMILES string of the molecule is CC(=O)NCC(=O)O.CC(=O)N[C@@H](CC(=O)O)C(=O)O. The summed E-state index contributed by atoms with van der Waals surface area (Å²) in [4.78, 5) is 50.4. The van der Waals surface area contributed by atoms with E-state index in [0.717, 1.165) is 6.92 Å². The van der Waals surface area contributed by atoms with E-state index < -0.39 is 36.3 Å². The van der Waals surface area contributed by atoms with Crippen LogP contribution in [-0.2, 0) is 24.0 Å². The van der Waals surface area contributed by atoms with Crippen molar-refractivity contribution in [1.82, 2.24) is 10.6 Å². The van der Waals surface area contributed by atoms with Crippen molar-refractivity contribution in [2.24, 2.45) is 0 Å². The van der Waals surface area contributed by atoms with Crippen LogP contribution in [0.3, 0.4) is 0 Å². The van der Waals surface area contributed by atoms with Crippen molar-refractivity contribution in [3.05, 3.63) is 0 Å². The molecule has 0 fully saturated rings. The first-order chi connectivity index (χ1) is 9.06. The predicted octanol–water partition coefficient (Wildman–Crippen LogP) is -1.74. The Balaban J connectivity index is 0. The Labute approximate surface area is 113 Å². The molecule has 0 unspecified atom stereocenters. The Morgan fingerprint density at radius 3 is 1.60 bits per heavy atom. The summed E-state index contributed by atoms with van der Waals surface area (Å²) in [6.45, 7) is 2.09. The summed E-state index contributed by atoms with van der Waals surface area (Å²) < 4.78 is 0. The zero-order valence-electron chi connectivity index (χ0n) is 10.9. The van der Waals surface area contributed by atoms with Crippen molar-refractivity contribution in [3.63, 3.8) is 0 Å². The lowest BCUT2D eigenvalue weighted by Gasteiger charge is -2.09. The Bertz CT molecular complexity index is 363. The second kappa shape index (κ2) is 10.3. The first kappa shape index (κ1) is 19.7. The van der Waals surface area contributed by atoms with E-state index in [0.29, 0.717) is 0 Å². The number of aliphatic carboxylic acids is 3. The van der Waals surface area contributed by atoms with Gasteiger partial charge in [-0.05, 0) is 0 Å². The lowest BCUT2D eigenvalue weighted by Crippen LogP contribution is -2.41. The molecule has 10 heteroatoms. The largest absolute Gasteiger partial charge is 0.481 e. The van der Waals surface area contributed by atoms with Gasteiger partial charge in [0.25, 0.3) is 0 Å². The lowest BCUT2D eigenvalue weighted by atomic mass is 10.2. The van der Waals surface area contributed by atoms with Crippen LogP contribution in [0.4, 0.5) is 0 Å². The van der Waals surface area contributed by atoms with Crippen LogP contribution < -0.4 is 10.6 Å². The van der Waals surface area contributed by atoms with Gasteiger partial charge in [-0.3, -0.25) is 19.2 Å². The number of hydrogen-bond acceptors (Lipinski definition) is 5. The second-order valence-corrected chi connectivity index (χ2v) is 3.49. The van der Waals surface area contributed by atoms with Crippen LogP contribution in [0, 0.1) is 0 Å². The maximum atomic E-state index is 10.4. The molecule has 0 rings (SSSR count). The van der Waals surface area contributed by atoms with Crippen molar-refractivity contribution in [2.45, 2.75) is 26.3 Å². The molecule has 20 heavy (non-hydrogen) atoms. The molecule has 0 heterocycles. The van der Waals surface area contributed by atoms with Crippen molar-refractivity contribution >= 4 is 29.7 Å². The van der Waals surface area contributed by atoms with Crippen molar-refractivity contribution in [1.29, 1.82) is 0 Å². The molecule has 5 N–H and O–H groups in total. The lowest BCUT2D eigenvalue weighted by molar-refractivity contribution is -0.147. The standard InChI is InChI=1S/C6H9NO5.C4H7NO3/c1-3(8)7-4(6(11)12)2-5(9)10;1-3(6)5-2-4(7)8/h4H,2H2,1H3,(H,7,8)(H,9,10)(H,11,12);2H2,1H3,(H,5,6)(H,7,8)/t4-;/m0./s1. The number of rotatable bonds is 6. The molecule has 0 saturated carbocycles. The van der Waals surface area contributed by atoms with Crippen molar-refractivity contribution < 1.29 is 39.3 Å². The van der Waals surface area contributed by atoms with E-state index >= 15 is 0 Å². The first-order valence-electron chi connectivity index (χ1n) is 5.24. The Kier molecular flexibility index (Phi) is 10.1. The summed E-state index contributed by atoms with van der Waals surface area (Å²) in [6.07, 6.45) is -0.616. The Hall–Kier alpha value is -2.65. The molecule has 114 valence electrons. The van der Waals surface area contributed by atoms with Crippen LogP contribution in [0.15, 0.2) is 0 Å². The third kappa shape index (κ3) is 15.4. The van der Waals surface area contributed by atoms with Gasteiger partial charge in [-0.25, -0.2) is 4.79 Å². The highest BCUT2D eigenvalue weighted by Gasteiger charge is 2.21. The average molecular weight is 292 g/mol. The second-order valence-electron chi connectivity index (χ2n) is 3.49. The summed E-state index contributed by atoms with van der Waals surface area (Å²) in [7, 11) is 0. The molecule has 0 radical (unpaired) electrons. The molecule has 0 aromatic rings. The maximum absolute atomic E-state index is 10.4. The van der Waals surface area contributed by atoms with Crippen LogP contribution in [-0.4, -0.2) is 57.6 Å². The molecule has 10 nitrogen and oxygen atoms in total. The van der Waals surface area contributed by atoms with Crippen LogP contribution in [0.5, 0.6) is 0 Å².